The molecule has 2 aromatic rings. The molecular formula is C16H22ClN3. The molecule has 0 bridgehead atoms. The first-order chi connectivity index (χ1) is 9.40. The maximum Gasteiger partial charge on any atom is 0.101 e. The molecule has 1 heterocycles. The van der Waals surface area contributed by atoms with Gasteiger partial charge in [0, 0.05) is 0 Å². The van der Waals surface area contributed by atoms with E-state index in [-0.39, 0.29) is 10.8 Å². The van der Waals surface area contributed by atoms with Crippen LogP contribution in [0.2, 0.25) is 0 Å². The Morgan fingerprint density at radius 3 is 2.40 bits per heavy atom. The van der Waals surface area contributed by atoms with Crippen LogP contribution in [0.1, 0.15) is 56.3 Å². The Morgan fingerprint density at radius 2 is 1.85 bits per heavy atom. The molecule has 4 heteroatoms. The van der Waals surface area contributed by atoms with Gasteiger partial charge in [-0.1, -0.05) is 57.2 Å². The van der Waals surface area contributed by atoms with Crippen LogP contribution in [0.5, 0.6) is 0 Å². The highest BCUT2D eigenvalue weighted by Gasteiger charge is 2.13. The number of aromatic nitrogens is 3. The summed E-state index contributed by atoms with van der Waals surface area (Å²) in [5.41, 5.74) is 3.59. The minimum Gasteiger partial charge on any atom is -0.248 e. The first-order valence-corrected chi connectivity index (χ1v) is 7.47. The molecule has 0 aliphatic carbocycles. The van der Waals surface area contributed by atoms with Crippen LogP contribution in [0, 0.1) is 0 Å². The van der Waals surface area contributed by atoms with E-state index in [4.69, 9.17) is 11.6 Å². The SMILES string of the molecule is CCC(Cl)c1cn(Cc2ccc(C(C)(C)C)cc2)nn1. The Hall–Kier alpha value is -1.35. The van der Waals surface area contributed by atoms with Gasteiger partial charge < -0.3 is 0 Å². The molecule has 1 aromatic heterocycles. The smallest absolute Gasteiger partial charge is 0.101 e. The van der Waals surface area contributed by atoms with E-state index in [1.54, 1.807) is 0 Å². The van der Waals surface area contributed by atoms with Gasteiger partial charge in [0.05, 0.1) is 18.1 Å². The van der Waals surface area contributed by atoms with E-state index in [0.29, 0.717) is 0 Å². The molecule has 108 valence electrons. The number of alkyl halides is 1. The van der Waals surface area contributed by atoms with Crippen molar-refractivity contribution in [1.82, 2.24) is 15.0 Å². The first kappa shape index (κ1) is 15.0. The van der Waals surface area contributed by atoms with Crippen molar-refractivity contribution in [3.05, 3.63) is 47.3 Å². The Balaban J connectivity index is 2.08. The summed E-state index contributed by atoms with van der Waals surface area (Å²) in [7, 11) is 0. The number of hydrogen-bond donors (Lipinski definition) is 0. The van der Waals surface area contributed by atoms with Crippen molar-refractivity contribution in [1.29, 1.82) is 0 Å². The summed E-state index contributed by atoms with van der Waals surface area (Å²) in [6.45, 7) is 9.43. The van der Waals surface area contributed by atoms with E-state index in [2.05, 4.69) is 55.3 Å². The Labute approximate surface area is 126 Å². The van der Waals surface area contributed by atoms with Crippen molar-refractivity contribution in [2.24, 2.45) is 0 Å². The van der Waals surface area contributed by atoms with Crippen LogP contribution < -0.4 is 0 Å². The van der Waals surface area contributed by atoms with Crippen LogP contribution in [-0.2, 0) is 12.0 Å². The van der Waals surface area contributed by atoms with E-state index >= 15 is 0 Å². The molecule has 0 aliphatic heterocycles. The van der Waals surface area contributed by atoms with Gasteiger partial charge in [-0.3, -0.25) is 0 Å². The van der Waals surface area contributed by atoms with Gasteiger partial charge in [0.1, 0.15) is 5.69 Å². The first-order valence-electron chi connectivity index (χ1n) is 7.03. The largest absolute Gasteiger partial charge is 0.248 e. The van der Waals surface area contributed by atoms with Crippen LogP contribution in [0.15, 0.2) is 30.5 Å². The Kier molecular flexibility index (Phi) is 4.48. The minimum atomic E-state index is -0.0491. The molecule has 0 saturated heterocycles. The van der Waals surface area contributed by atoms with Gasteiger partial charge in [0.15, 0.2) is 0 Å². The third kappa shape index (κ3) is 3.60. The van der Waals surface area contributed by atoms with Crippen LogP contribution in [0.3, 0.4) is 0 Å². The molecule has 0 N–H and O–H groups in total. The molecule has 0 amide bonds. The molecule has 1 unspecified atom stereocenters. The molecule has 1 aromatic carbocycles. The monoisotopic (exact) mass is 291 g/mol. The van der Waals surface area contributed by atoms with Crippen LogP contribution in [0.4, 0.5) is 0 Å². The summed E-state index contributed by atoms with van der Waals surface area (Å²) in [6, 6.07) is 8.67. The number of nitrogens with zero attached hydrogens (tertiary/aromatic N) is 3. The molecule has 20 heavy (non-hydrogen) atoms. The van der Waals surface area contributed by atoms with Gasteiger partial charge in [-0.15, -0.1) is 16.7 Å². The average Bonchev–Trinajstić information content (AvgIpc) is 2.86. The van der Waals surface area contributed by atoms with Crippen molar-refractivity contribution in [3.8, 4) is 0 Å². The third-order valence-electron chi connectivity index (χ3n) is 3.40. The third-order valence-corrected chi connectivity index (χ3v) is 3.93. The fourth-order valence-corrected chi connectivity index (χ4v) is 2.14. The van der Waals surface area contributed by atoms with Crippen molar-refractivity contribution >= 4 is 11.6 Å². The highest BCUT2D eigenvalue weighted by atomic mass is 35.5. The number of benzene rings is 1. The molecule has 1 atom stereocenters. The second kappa shape index (κ2) is 5.96. The van der Waals surface area contributed by atoms with Crippen molar-refractivity contribution in [3.63, 3.8) is 0 Å². The van der Waals surface area contributed by atoms with Gasteiger partial charge in [-0.2, -0.15) is 0 Å². The standard InChI is InChI=1S/C16H22ClN3/c1-5-14(17)15-11-20(19-18-15)10-12-6-8-13(9-7-12)16(2,3)4/h6-9,11,14H,5,10H2,1-4H3. The lowest BCUT2D eigenvalue weighted by Crippen LogP contribution is -2.11. The second-order valence-corrected chi connectivity index (χ2v) is 6.69. The fraction of sp³-hybridized carbons (Fsp3) is 0.500. The van der Waals surface area contributed by atoms with Crippen molar-refractivity contribution < 1.29 is 0 Å². The molecule has 0 spiro atoms. The van der Waals surface area contributed by atoms with E-state index in [1.165, 1.54) is 11.1 Å². The molecular weight excluding hydrogens is 270 g/mol. The summed E-state index contributed by atoms with van der Waals surface area (Å²) >= 11 is 6.16. The molecule has 0 radical (unpaired) electrons. The lowest BCUT2D eigenvalue weighted by molar-refractivity contribution is 0.589. The lowest BCUT2D eigenvalue weighted by atomic mass is 9.87. The summed E-state index contributed by atoms with van der Waals surface area (Å²) in [5, 5.41) is 8.21. The van der Waals surface area contributed by atoms with Crippen molar-refractivity contribution in [2.45, 2.75) is 51.5 Å². The molecule has 0 aliphatic rings. The minimum absolute atomic E-state index is 0.0491. The van der Waals surface area contributed by atoms with E-state index in [9.17, 15) is 0 Å². The van der Waals surface area contributed by atoms with Gasteiger partial charge >= 0.3 is 0 Å². The van der Waals surface area contributed by atoms with E-state index < -0.39 is 0 Å². The quantitative estimate of drug-likeness (QED) is 0.786. The molecule has 0 saturated carbocycles. The normalized spacial score (nSPS) is 13.4. The molecule has 3 nitrogen and oxygen atoms in total. The maximum absolute atomic E-state index is 6.16. The zero-order chi connectivity index (χ0) is 14.8. The maximum atomic E-state index is 6.16. The van der Waals surface area contributed by atoms with Gasteiger partial charge in [0.25, 0.3) is 0 Å². The predicted octanol–water partition coefficient (Wildman–Crippen LogP) is 4.31. The summed E-state index contributed by atoms with van der Waals surface area (Å²) in [4.78, 5) is 0. The van der Waals surface area contributed by atoms with Gasteiger partial charge in [0.2, 0.25) is 0 Å². The molecule has 0 fully saturated rings. The van der Waals surface area contributed by atoms with E-state index in [1.807, 2.05) is 17.8 Å². The van der Waals surface area contributed by atoms with Crippen LogP contribution in [0.25, 0.3) is 0 Å². The highest BCUT2D eigenvalue weighted by molar-refractivity contribution is 6.20. The van der Waals surface area contributed by atoms with Gasteiger partial charge in [-0.05, 0) is 23.0 Å². The summed E-state index contributed by atoms with van der Waals surface area (Å²) < 4.78 is 1.84. The average molecular weight is 292 g/mol. The topological polar surface area (TPSA) is 30.7 Å². The van der Waals surface area contributed by atoms with Gasteiger partial charge in [-0.25, -0.2) is 4.68 Å². The fourth-order valence-electron chi connectivity index (χ4n) is 2.04. The zero-order valence-corrected chi connectivity index (χ0v) is 13.4. The van der Waals surface area contributed by atoms with Crippen LogP contribution >= 0.6 is 11.6 Å². The second-order valence-electron chi connectivity index (χ2n) is 6.16. The Morgan fingerprint density at radius 1 is 1.20 bits per heavy atom. The van der Waals surface area contributed by atoms with Crippen molar-refractivity contribution in [2.75, 3.05) is 0 Å². The zero-order valence-electron chi connectivity index (χ0n) is 12.6. The summed E-state index contributed by atoms with van der Waals surface area (Å²) in [5.74, 6) is 0. The number of halogens is 1. The highest BCUT2D eigenvalue weighted by Crippen LogP contribution is 2.23. The number of rotatable bonds is 4. The van der Waals surface area contributed by atoms with Crippen LogP contribution in [-0.4, -0.2) is 15.0 Å². The summed E-state index contributed by atoms with van der Waals surface area (Å²) in [6.07, 6.45) is 2.79. The Bertz CT molecular complexity index is 552. The van der Waals surface area contributed by atoms with E-state index in [0.717, 1.165) is 18.7 Å². The number of hydrogen-bond acceptors (Lipinski definition) is 2. The molecule has 2 rings (SSSR count). The predicted molar refractivity (Wildman–Crippen MR) is 83.2 cm³/mol. The lowest BCUT2D eigenvalue weighted by Gasteiger charge is -2.19.